The number of para-hydroxylation sites is 1. The topological polar surface area (TPSA) is 75.6 Å². The minimum absolute atomic E-state index is 0.148. The lowest BCUT2D eigenvalue weighted by molar-refractivity contribution is -0.137. The third-order valence-corrected chi connectivity index (χ3v) is 4.54. The predicted octanol–water partition coefficient (Wildman–Crippen LogP) is 3.90. The molecule has 2 rings (SSSR count). The molecule has 0 bridgehead atoms. The second-order valence-electron chi connectivity index (χ2n) is 5.76. The third kappa shape index (κ3) is 6.80. The van der Waals surface area contributed by atoms with Gasteiger partial charge in [-0.25, -0.2) is 0 Å². The molecule has 0 aliphatic heterocycles. The van der Waals surface area contributed by atoms with Crippen molar-refractivity contribution in [1.29, 1.82) is 0 Å². The molecule has 0 spiro atoms. The number of carbonyl (C=O) groups excluding carboxylic acids is 1. The summed E-state index contributed by atoms with van der Waals surface area (Å²) in [5.74, 6) is -0.357. The fraction of sp³-hybridized carbons (Fsp3) is 0.300. The van der Waals surface area contributed by atoms with Crippen LogP contribution in [0.25, 0.3) is 0 Å². The molecule has 0 saturated heterocycles. The molecule has 2 N–H and O–H groups in total. The van der Waals surface area contributed by atoms with E-state index in [-0.39, 0.29) is 18.7 Å². The molecule has 0 fully saturated rings. The Balaban J connectivity index is 1.84. The highest BCUT2D eigenvalue weighted by molar-refractivity contribution is 7.98. The van der Waals surface area contributed by atoms with Gasteiger partial charge in [-0.1, -0.05) is 30.3 Å². The van der Waals surface area contributed by atoms with E-state index >= 15 is 0 Å². The molecule has 0 aliphatic carbocycles. The number of carbonyl (C=O) groups is 2. The Labute approximate surface area is 157 Å². The monoisotopic (exact) mass is 373 g/mol. The molecule has 1 unspecified atom stereocenters. The maximum atomic E-state index is 12.2. The van der Waals surface area contributed by atoms with E-state index < -0.39 is 12.0 Å². The van der Waals surface area contributed by atoms with E-state index in [0.29, 0.717) is 13.0 Å². The van der Waals surface area contributed by atoms with Crippen molar-refractivity contribution in [2.45, 2.75) is 30.2 Å². The van der Waals surface area contributed by atoms with Gasteiger partial charge in [-0.3, -0.25) is 9.59 Å². The van der Waals surface area contributed by atoms with Gasteiger partial charge in [0.15, 0.2) is 0 Å². The first kappa shape index (κ1) is 19.8. The van der Waals surface area contributed by atoms with Crippen LogP contribution in [-0.2, 0) is 9.59 Å². The molecule has 1 atom stereocenters. The van der Waals surface area contributed by atoms with Crippen LogP contribution < -0.4 is 10.1 Å². The largest absolute Gasteiger partial charge is 0.494 e. The predicted molar refractivity (Wildman–Crippen MR) is 103 cm³/mol. The fourth-order valence-electron chi connectivity index (χ4n) is 2.47. The molecule has 2 aromatic rings. The molecule has 0 aromatic heterocycles. The van der Waals surface area contributed by atoms with Gasteiger partial charge in [0, 0.05) is 11.3 Å². The SMILES string of the molecule is CSc1ccc(C(CC(=O)O)NC(=O)CCCOc2ccccc2)cc1. The number of hydrogen-bond acceptors (Lipinski definition) is 4. The van der Waals surface area contributed by atoms with Gasteiger partial charge in [0.25, 0.3) is 0 Å². The van der Waals surface area contributed by atoms with Gasteiger partial charge in [0.2, 0.25) is 5.91 Å². The Hall–Kier alpha value is -2.47. The zero-order valence-electron chi connectivity index (χ0n) is 14.7. The fourth-order valence-corrected chi connectivity index (χ4v) is 2.88. The normalized spacial score (nSPS) is 11.6. The average molecular weight is 373 g/mol. The maximum Gasteiger partial charge on any atom is 0.305 e. The Morgan fingerprint density at radius 2 is 1.81 bits per heavy atom. The minimum Gasteiger partial charge on any atom is -0.494 e. The molecule has 5 nitrogen and oxygen atoms in total. The van der Waals surface area contributed by atoms with Crippen molar-refractivity contribution in [3.05, 3.63) is 60.2 Å². The summed E-state index contributed by atoms with van der Waals surface area (Å²) in [4.78, 5) is 24.4. The van der Waals surface area contributed by atoms with Crippen LogP contribution in [0.2, 0.25) is 0 Å². The van der Waals surface area contributed by atoms with Crippen molar-refractivity contribution >= 4 is 23.6 Å². The third-order valence-electron chi connectivity index (χ3n) is 3.79. The number of carboxylic acid groups (broad SMARTS) is 1. The van der Waals surface area contributed by atoms with E-state index in [2.05, 4.69) is 5.32 Å². The molecule has 2 aromatic carbocycles. The Morgan fingerprint density at radius 3 is 2.42 bits per heavy atom. The summed E-state index contributed by atoms with van der Waals surface area (Å²) in [7, 11) is 0. The second-order valence-corrected chi connectivity index (χ2v) is 6.64. The van der Waals surface area contributed by atoms with Gasteiger partial charge >= 0.3 is 5.97 Å². The van der Waals surface area contributed by atoms with E-state index in [1.54, 1.807) is 11.8 Å². The van der Waals surface area contributed by atoms with Gasteiger partial charge in [-0.15, -0.1) is 11.8 Å². The number of benzene rings is 2. The summed E-state index contributed by atoms with van der Waals surface area (Å²) in [6.45, 7) is 0.434. The molecule has 138 valence electrons. The molecule has 0 radical (unpaired) electrons. The number of nitrogens with one attached hydrogen (secondary N) is 1. The number of amides is 1. The van der Waals surface area contributed by atoms with Crippen molar-refractivity contribution in [3.63, 3.8) is 0 Å². The van der Waals surface area contributed by atoms with E-state index in [0.717, 1.165) is 16.2 Å². The summed E-state index contributed by atoms with van der Waals surface area (Å²) in [5.41, 5.74) is 0.791. The Bertz CT molecular complexity index is 704. The Morgan fingerprint density at radius 1 is 1.12 bits per heavy atom. The summed E-state index contributed by atoms with van der Waals surface area (Å²) < 4.78 is 5.56. The minimum atomic E-state index is -0.948. The van der Waals surface area contributed by atoms with Crippen LogP contribution in [0, 0.1) is 0 Å². The van der Waals surface area contributed by atoms with Crippen molar-refractivity contribution in [1.82, 2.24) is 5.32 Å². The van der Waals surface area contributed by atoms with Crippen molar-refractivity contribution in [3.8, 4) is 5.75 Å². The lowest BCUT2D eigenvalue weighted by Gasteiger charge is -2.18. The van der Waals surface area contributed by atoms with Crippen molar-refractivity contribution in [2.24, 2.45) is 0 Å². The first-order valence-corrected chi connectivity index (χ1v) is 9.64. The highest BCUT2D eigenvalue weighted by Crippen LogP contribution is 2.21. The first-order chi connectivity index (χ1) is 12.6. The maximum absolute atomic E-state index is 12.2. The standard InChI is InChI=1S/C20H23NO4S/c1-26-17-11-9-15(10-12-17)18(14-20(23)24)21-19(22)8-5-13-25-16-6-3-2-4-7-16/h2-4,6-7,9-12,18H,5,8,13-14H2,1H3,(H,21,22)(H,23,24). The number of ether oxygens (including phenoxy) is 1. The van der Waals surface area contributed by atoms with Gasteiger partial charge in [0.1, 0.15) is 5.75 Å². The smallest absolute Gasteiger partial charge is 0.305 e. The molecule has 0 saturated carbocycles. The van der Waals surface area contributed by atoms with E-state index in [1.165, 1.54) is 0 Å². The molecular formula is C20H23NO4S. The summed E-state index contributed by atoms with van der Waals surface area (Å²) >= 11 is 1.61. The van der Waals surface area contributed by atoms with Gasteiger partial charge in [-0.2, -0.15) is 0 Å². The van der Waals surface area contributed by atoms with Crippen LogP contribution in [0.15, 0.2) is 59.5 Å². The van der Waals surface area contributed by atoms with Crippen LogP contribution in [0.1, 0.15) is 30.9 Å². The number of rotatable bonds is 10. The average Bonchev–Trinajstić information content (AvgIpc) is 2.65. The summed E-state index contributed by atoms with van der Waals surface area (Å²) in [5, 5.41) is 11.9. The van der Waals surface area contributed by atoms with E-state index in [1.807, 2.05) is 60.9 Å². The zero-order valence-corrected chi connectivity index (χ0v) is 15.5. The highest BCUT2D eigenvalue weighted by atomic mass is 32.2. The molecular weight excluding hydrogens is 350 g/mol. The molecule has 6 heteroatoms. The quantitative estimate of drug-likeness (QED) is 0.488. The number of aliphatic carboxylic acids is 1. The van der Waals surface area contributed by atoms with Crippen LogP contribution in [0.4, 0.5) is 0 Å². The molecule has 26 heavy (non-hydrogen) atoms. The highest BCUT2D eigenvalue weighted by Gasteiger charge is 2.18. The van der Waals surface area contributed by atoms with Crippen LogP contribution in [0.3, 0.4) is 0 Å². The van der Waals surface area contributed by atoms with E-state index in [9.17, 15) is 9.59 Å². The van der Waals surface area contributed by atoms with Crippen LogP contribution >= 0.6 is 11.8 Å². The first-order valence-electron chi connectivity index (χ1n) is 8.41. The number of carboxylic acids is 1. The summed E-state index contributed by atoms with van der Waals surface area (Å²) in [6.07, 6.45) is 2.67. The number of thioether (sulfide) groups is 1. The second kappa shape index (κ2) is 10.5. The van der Waals surface area contributed by atoms with Crippen LogP contribution in [-0.4, -0.2) is 29.8 Å². The van der Waals surface area contributed by atoms with E-state index in [4.69, 9.17) is 9.84 Å². The molecule has 0 aliphatic rings. The molecule has 1 amide bonds. The molecule has 0 heterocycles. The van der Waals surface area contributed by atoms with Gasteiger partial charge in [0.05, 0.1) is 19.1 Å². The van der Waals surface area contributed by atoms with Crippen molar-refractivity contribution in [2.75, 3.05) is 12.9 Å². The zero-order chi connectivity index (χ0) is 18.8. The van der Waals surface area contributed by atoms with Gasteiger partial charge in [-0.05, 0) is 42.5 Å². The Kier molecular flexibility index (Phi) is 8.02. The van der Waals surface area contributed by atoms with Crippen molar-refractivity contribution < 1.29 is 19.4 Å². The lowest BCUT2D eigenvalue weighted by atomic mass is 10.0. The summed E-state index contributed by atoms with van der Waals surface area (Å²) in [6, 6.07) is 16.4. The number of hydrogen-bond donors (Lipinski definition) is 2. The lowest BCUT2D eigenvalue weighted by Crippen LogP contribution is -2.30. The van der Waals surface area contributed by atoms with Crippen LogP contribution in [0.5, 0.6) is 5.75 Å². The van der Waals surface area contributed by atoms with Gasteiger partial charge < -0.3 is 15.2 Å².